The Morgan fingerprint density at radius 2 is 1.77 bits per heavy atom. The summed E-state index contributed by atoms with van der Waals surface area (Å²) in [6.07, 6.45) is 9.31. The molecule has 0 bridgehead atoms. The number of aliphatic hydroxyl groups is 1. The van der Waals surface area contributed by atoms with Gasteiger partial charge in [0.05, 0.1) is 25.1 Å². The monoisotopic (exact) mass is 422 g/mol. The highest BCUT2D eigenvalue weighted by Gasteiger charge is 2.29. The van der Waals surface area contributed by atoms with E-state index in [4.69, 9.17) is 9.72 Å². The van der Waals surface area contributed by atoms with Gasteiger partial charge in [-0.25, -0.2) is 9.97 Å². The highest BCUT2D eigenvalue weighted by Crippen LogP contribution is 2.31. The summed E-state index contributed by atoms with van der Waals surface area (Å²) >= 11 is 0. The number of hydrogen-bond acceptors (Lipinski definition) is 7. The number of likely N-dealkylation sites (tertiary alicyclic amines) is 1. The van der Waals surface area contributed by atoms with E-state index < -0.39 is 0 Å². The fraction of sp³-hybridized carbons (Fsp3) is 0.565. The lowest BCUT2D eigenvalue weighted by Gasteiger charge is -2.39. The number of ether oxygens (including phenoxy) is 1. The molecule has 1 aliphatic carbocycles. The van der Waals surface area contributed by atoms with Crippen molar-refractivity contribution < 1.29 is 9.84 Å². The van der Waals surface area contributed by atoms with Crippen molar-refractivity contribution in [1.29, 1.82) is 0 Å². The number of nitrogens with zero attached hydrogens (tertiary/aromatic N) is 6. The first-order valence-electron chi connectivity index (χ1n) is 11.3. The van der Waals surface area contributed by atoms with Crippen LogP contribution in [-0.2, 0) is 6.42 Å². The van der Waals surface area contributed by atoms with Gasteiger partial charge in [0, 0.05) is 25.6 Å². The zero-order valence-electron chi connectivity index (χ0n) is 18.0. The molecule has 31 heavy (non-hydrogen) atoms. The number of fused-ring (bicyclic) bond motifs is 1. The molecule has 164 valence electrons. The van der Waals surface area contributed by atoms with Crippen LogP contribution in [-0.4, -0.2) is 67.3 Å². The molecule has 1 saturated carbocycles. The number of hydrogen-bond donors (Lipinski definition) is 1. The van der Waals surface area contributed by atoms with Crippen LogP contribution < -0.4 is 4.74 Å². The summed E-state index contributed by atoms with van der Waals surface area (Å²) in [7, 11) is 1.66. The second kappa shape index (κ2) is 8.88. The maximum atomic E-state index is 9.75. The van der Waals surface area contributed by atoms with Crippen LogP contribution in [0.15, 0.2) is 30.5 Å². The predicted molar refractivity (Wildman–Crippen MR) is 117 cm³/mol. The third kappa shape index (κ3) is 4.41. The van der Waals surface area contributed by atoms with Crippen molar-refractivity contribution in [2.75, 3.05) is 20.2 Å². The van der Waals surface area contributed by atoms with Crippen molar-refractivity contribution in [3.8, 4) is 11.4 Å². The van der Waals surface area contributed by atoms with Crippen LogP contribution in [0.5, 0.6) is 5.75 Å². The molecule has 8 heteroatoms. The summed E-state index contributed by atoms with van der Waals surface area (Å²) in [5.41, 5.74) is 2.35. The Hall–Kier alpha value is -2.58. The predicted octanol–water partition coefficient (Wildman–Crippen LogP) is 2.78. The fourth-order valence-electron chi connectivity index (χ4n) is 4.98. The van der Waals surface area contributed by atoms with Gasteiger partial charge >= 0.3 is 0 Å². The van der Waals surface area contributed by atoms with Crippen LogP contribution in [0.3, 0.4) is 0 Å². The lowest BCUT2D eigenvalue weighted by atomic mass is 9.82. The van der Waals surface area contributed by atoms with Crippen LogP contribution >= 0.6 is 0 Å². The number of methoxy groups -OCH3 is 1. The minimum absolute atomic E-state index is 0.0968. The van der Waals surface area contributed by atoms with E-state index in [-0.39, 0.29) is 6.10 Å². The molecule has 2 aromatic heterocycles. The van der Waals surface area contributed by atoms with Crippen molar-refractivity contribution in [3.05, 3.63) is 36.3 Å². The normalized spacial score (nSPS) is 23.3. The standard InChI is InChI=1S/C23H30N6O2/c1-31-20-8-6-18(7-9-20)29-23-21(26-27-29)15-24-22(25-23)14-16-2-4-17(5-3-16)28-12-10-19(30)11-13-28/h6-9,15-17,19,30H,2-5,10-14H2,1H3. The fourth-order valence-corrected chi connectivity index (χ4v) is 4.98. The molecule has 0 spiro atoms. The van der Waals surface area contributed by atoms with Crippen LogP contribution in [0, 0.1) is 5.92 Å². The molecule has 5 rings (SSSR count). The number of aliphatic hydroxyl groups excluding tert-OH is 1. The molecule has 3 aromatic rings. The minimum atomic E-state index is -0.0968. The van der Waals surface area contributed by atoms with E-state index in [2.05, 4.69) is 20.2 Å². The van der Waals surface area contributed by atoms with E-state index >= 15 is 0 Å². The molecule has 1 aliphatic heterocycles. The van der Waals surface area contributed by atoms with Gasteiger partial charge in [-0.2, -0.15) is 4.68 Å². The second-order valence-corrected chi connectivity index (χ2v) is 8.84. The van der Waals surface area contributed by atoms with Gasteiger partial charge in [-0.1, -0.05) is 5.21 Å². The van der Waals surface area contributed by atoms with Gasteiger partial charge in [0.15, 0.2) is 11.2 Å². The van der Waals surface area contributed by atoms with E-state index in [1.807, 2.05) is 24.3 Å². The highest BCUT2D eigenvalue weighted by atomic mass is 16.5. The quantitative estimate of drug-likeness (QED) is 0.676. The van der Waals surface area contributed by atoms with Gasteiger partial charge in [-0.05, 0) is 68.7 Å². The molecule has 1 N–H and O–H groups in total. The van der Waals surface area contributed by atoms with Crippen LogP contribution in [0.1, 0.15) is 44.3 Å². The molecular formula is C23H30N6O2. The van der Waals surface area contributed by atoms with Crippen LogP contribution in [0.4, 0.5) is 0 Å². The molecule has 1 saturated heterocycles. The molecule has 2 aliphatic rings. The summed E-state index contributed by atoms with van der Waals surface area (Å²) in [6.45, 7) is 2.08. The largest absolute Gasteiger partial charge is 0.497 e. The van der Waals surface area contributed by atoms with E-state index in [0.717, 1.165) is 55.3 Å². The van der Waals surface area contributed by atoms with E-state index in [1.165, 1.54) is 25.7 Å². The minimum Gasteiger partial charge on any atom is -0.497 e. The Bertz CT molecular complexity index is 1000. The average molecular weight is 423 g/mol. The first-order valence-corrected chi connectivity index (χ1v) is 11.3. The van der Waals surface area contributed by atoms with E-state index in [9.17, 15) is 5.11 Å². The lowest BCUT2D eigenvalue weighted by molar-refractivity contribution is 0.0452. The highest BCUT2D eigenvalue weighted by molar-refractivity contribution is 5.70. The maximum Gasteiger partial charge on any atom is 0.187 e. The number of benzene rings is 1. The molecular weight excluding hydrogens is 392 g/mol. The molecule has 0 radical (unpaired) electrons. The summed E-state index contributed by atoms with van der Waals surface area (Å²) in [5.74, 6) is 2.29. The first kappa shape index (κ1) is 20.3. The molecule has 0 unspecified atom stereocenters. The zero-order valence-corrected chi connectivity index (χ0v) is 18.0. The van der Waals surface area contributed by atoms with Crippen LogP contribution in [0.25, 0.3) is 16.9 Å². The van der Waals surface area contributed by atoms with Gasteiger partial charge in [0.1, 0.15) is 11.6 Å². The Kier molecular flexibility index (Phi) is 5.82. The van der Waals surface area contributed by atoms with Gasteiger partial charge < -0.3 is 14.7 Å². The molecule has 0 atom stereocenters. The molecule has 2 fully saturated rings. The van der Waals surface area contributed by atoms with Crippen molar-refractivity contribution >= 4 is 11.2 Å². The van der Waals surface area contributed by atoms with Gasteiger partial charge in [-0.15, -0.1) is 5.10 Å². The Morgan fingerprint density at radius 1 is 1.03 bits per heavy atom. The third-order valence-corrected chi connectivity index (χ3v) is 6.86. The SMILES string of the molecule is COc1ccc(-n2nnc3cnc(CC4CCC(N5CCC(O)CC5)CC4)nc32)cc1. The summed E-state index contributed by atoms with van der Waals surface area (Å²) < 4.78 is 7.01. The van der Waals surface area contributed by atoms with Crippen LogP contribution in [0.2, 0.25) is 0 Å². The Morgan fingerprint density at radius 3 is 2.48 bits per heavy atom. The van der Waals surface area contributed by atoms with Gasteiger partial charge in [-0.3, -0.25) is 0 Å². The number of aromatic nitrogens is 5. The maximum absolute atomic E-state index is 9.75. The summed E-state index contributed by atoms with van der Waals surface area (Å²) in [5, 5.41) is 18.3. The third-order valence-electron chi connectivity index (χ3n) is 6.86. The zero-order chi connectivity index (χ0) is 21.2. The van der Waals surface area contributed by atoms with Gasteiger partial charge in [0.25, 0.3) is 0 Å². The van der Waals surface area contributed by atoms with Crippen molar-refractivity contribution in [1.82, 2.24) is 29.9 Å². The average Bonchev–Trinajstić information content (AvgIpc) is 3.23. The molecule has 3 heterocycles. The first-order chi connectivity index (χ1) is 15.2. The molecule has 0 amide bonds. The van der Waals surface area contributed by atoms with Crippen molar-refractivity contribution in [3.63, 3.8) is 0 Å². The Balaban J connectivity index is 1.25. The second-order valence-electron chi connectivity index (χ2n) is 8.84. The molecule has 8 nitrogen and oxygen atoms in total. The Labute approximate surface area is 182 Å². The molecule has 1 aromatic carbocycles. The van der Waals surface area contributed by atoms with E-state index in [0.29, 0.717) is 17.5 Å². The topological polar surface area (TPSA) is 89.2 Å². The summed E-state index contributed by atoms with van der Waals surface area (Å²) in [6, 6.07) is 8.40. The van der Waals surface area contributed by atoms with E-state index in [1.54, 1.807) is 18.0 Å². The number of rotatable bonds is 5. The summed E-state index contributed by atoms with van der Waals surface area (Å²) in [4.78, 5) is 12.0. The lowest BCUT2D eigenvalue weighted by Crippen LogP contribution is -2.44. The van der Waals surface area contributed by atoms with Gasteiger partial charge in [0.2, 0.25) is 0 Å². The van der Waals surface area contributed by atoms with Crippen molar-refractivity contribution in [2.45, 2.75) is 57.1 Å². The van der Waals surface area contributed by atoms with Crippen molar-refractivity contribution in [2.24, 2.45) is 5.92 Å². The number of piperidine rings is 1. The smallest absolute Gasteiger partial charge is 0.187 e.